The van der Waals surface area contributed by atoms with Crippen LogP contribution in [0.25, 0.3) is 0 Å². The van der Waals surface area contributed by atoms with E-state index in [1.54, 1.807) is 0 Å². The van der Waals surface area contributed by atoms with E-state index in [4.69, 9.17) is 11.6 Å². The number of carbonyl (C=O) groups excluding carboxylic acids is 1. The molecule has 1 N–H and O–H groups in total. The van der Waals surface area contributed by atoms with Crippen molar-refractivity contribution >= 4 is 23.2 Å². The molecule has 0 saturated heterocycles. The molecule has 110 valence electrons. The summed E-state index contributed by atoms with van der Waals surface area (Å²) < 4.78 is 0. The maximum atomic E-state index is 12.4. The standard InChI is InChI=1S/C18H20ClNO/c1-13-6-3-10-17(14(13)2)18(21)20-16-9-4-7-15(12-16)8-5-11-19/h3-4,6-7,9-10,12H,5,8,11H2,1-2H3,(H,20,21). The number of rotatable bonds is 5. The van der Waals surface area contributed by atoms with Crippen LogP contribution < -0.4 is 5.32 Å². The zero-order chi connectivity index (χ0) is 15.2. The number of amides is 1. The molecule has 0 saturated carbocycles. The van der Waals surface area contributed by atoms with Gasteiger partial charge in [-0.25, -0.2) is 0 Å². The molecule has 0 fully saturated rings. The number of nitrogens with one attached hydrogen (secondary N) is 1. The summed E-state index contributed by atoms with van der Waals surface area (Å²) in [5.74, 6) is 0.588. The van der Waals surface area contributed by atoms with Crippen molar-refractivity contribution in [2.45, 2.75) is 26.7 Å². The minimum absolute atomic E-state index is 0.0642. The van der Waals surface area contributed by atoms with Crippen molar-refractivity contribution in [1.29, 1.82) is 0 Å². The summed E-state index contributed by atoms with van der Waals surface area (Å²) in [5.41, 5.74) is 4.88. The normalized spacial score (nSPS) is 10.4. The minimum atomic E-state index is -0.0642. The second kappa shape index (κ2) is 7.28. The summed E-state index contributed by atoms with van der Waals surface area (Å²) in [5, 5.41) is 2.97. The Balaban J connectivity index is 2.14. The van der Waals surface area contributed by atoms with E-state index >= 15 is 0 Å². The first-order chi connectivity index (χ1) is 10.1. The third kappa shape index (κ3) is 4.08. The summed E-state index contributed by atoms with van der Waals surface area (Å²) in [4.78, 5) is 12.4. The van der Waals surface area contributed by atoms with Crippen molar-refractivity contribution < 1.29 is 4.79 Å². The van der Waals surface area contributed by atoms with E-state index in [1.807, 2.05) is 50.2 Å². The zero-order valence-corrected chi connectivity index (χ0v) is 13.2. The first-order valence-corrected chi connectivity index (χ1v) is 7.67. The molecule has 0 spiro atoms. The van der Waals surface area contributed by atoms with Gasteiger partial charge in [-0.1, -0.05) is 24.3 Å². The molecule has 0 heterocycles. The fourth-order valence-electron chi connectivity index (χ4n) is 2.27. The molecule has 2 aromatic carbocycles. The SMILES string of the molecule is Cc1cccc(C(=O)Nc2cccc(CCCCl)c2)c1C. The molecular weight excluding hydrogens is 282 g/mol. The second-order valence-electron chi connectivity index (χ2n) is 5.19. The first-order valence-electron chi connectivity index (χ1n) is 7.14. The van der Waals surface area contributed by atoms with Gasteiger partial charge in [-0.2, -0.15) is 0 Å². The minimum Gasteiger partial charge on any atom is -0.322 e. The molecule has 1 amide bonds. The molecule has 2 rings (SSSR count). The molecule has 3 heteroatoms. The van der Waals surface area contributed by atoms with Gasteiger partial charge < -0.3 is 5.32 Å². The van der Waals surface area contributed by atoms with Gasteiger partial charge in [0.2, 0.25) is 0 Å². The molecular formula is C18H20ClNO. The maximum absolute atomic E-state index is 12.4. The fraction of sp³-hybridized carbons (Fsp3) is 0.278. The second-order valence-corrected chi connectivity index (χ2v) is 5.57. The summed E-state index contributed by atoms with van der Waals surface area (Å²) >= 11 is 5.72. The topological polar surface area (TPSA) is 29.1 Å². The highest BCUT2D eigenvalue weighted by molar-refractivity contribution is 6.17. The molecule has 0 aromatic heterocycles. The predicted octanol–water partition coefficient (Wildman–Crippen LogP) is 4.73. The monoisotopic (exact) mass is 301 g/mol. The Hall–Kier alpha value is -1.80. The number of aryl methyl sites for hydroxylation is 2. The number of carbonyl (C=O) groups is 1. The highest BCUT2D eigenvalue weighted by Crippen LogP contribution is 2.17. The summed E-state index contributed by atoms with van der Waals surface area (Å²) in [6.45, 7) is 3.99. The van der Waals surface area contributed by atoms with Crippen molar-refractivity contribution in [3.8, 4) is 0 Å². The van der Waals surface area contributed by atoms with Crippen molar-refractivity contribution in [1.82, 2.24) is 0 Å². The van der Waals surface area contributed by atoms with Crippen molar-refractivity contribution in [3.05, 3.63) is 64.7 Å². The average molecular weight is 302 g/mol. The smallest absolute Gasteiger partial charge is 0.255 e. The molecule has 0 atom stereocenters. The van der Waals surface area contributed by atoms with Crippen LogP contribution in [0.5, 0.6) is 0 Å². The number of anilines is 1. The van der Waals surface area contributed by atoms with E-state index in [2.05, 4.69) is 11.4 Å². The van der Waals surface area contributed by atoms with Gasteiger partial charge in [-0.15, -0.1) is 11.6 Å². The third-order valence-electron chi connectivity index (χ3n) is 3.63. The molecule has 2 nitrogen and oxygen atoms in total. The van der Waals surface area contributed by atoms with E-state index in [9.17, 15) is 4.79 Å². The van der Waals surface area contributed by atoms with Crippen molar-refractivity contribution in [2.24, 2.45) is 0 Å². The Morgan fingerprint density at radius 2 is 1.90 bits per heavy atom. The van der Waals surface area contributed by atoms with Crippen molar-refractivity contribution in [3.63, 3.8) is 0 Å². The summed E-state index contributed by atoms with van der Waals surface area (Å²) in [7, 11) is 0. The molecule has 0 radical (unpaired) electrons. The largest absolute Gasteiger partial charge is 0.322 e. The van der Waals surface area contributed by atoms with Crippen LogP contribution in [0.3, 0.4) is 0 Å². The molecule has 0 aliphatic carbocycles. The van der Waals surface area contributed by atoms with Gasteiger partial charge in [0.1, 0.15) is 0 Å². The lowest BCUT2D eigenvalue weighted by molar-refractivity contribution is 0.102. The van der Waals surface area contributed by atoms with Gasteiger partial charge in [-0.3, -0.25) is 4.79 Å². The van der Waals surface area contributed by atoms with E-state index in [0.29, 0.717) is 5.88 Å². The van der Waals surface area contributed by atoms with Crippen LogP contribution >= 0.6 is 11.6 Å². The number of hydrogen-bond acceptors (Lipinski definition) is 1. The van der Waals surface area contributed by atoms with Crippen LogP contribution in [-0.4, -0.2) is 11.8 Å². The van der Waals surface area contributed by atoms with Gasteiger partial charge in [0.05, 0.1) is 0 Å². The third-order valence-corrected chi connectivity index (χ3v) is 3.90. The van der Waals surface area contributed by atoms with Crippen LogP contribution in [0.15, 0.2) is 42.5 Å². The lowest BCUT2D eigenvalue weighted by atomic mass is 10.0. The van der Waals surface area contributed by atoms with Crippen molar-refractivity contribution in [2.75, 3.05) is 11.2 Å². The Kier molecular flexibility index (Phi) is 5.40. The quantitative estimate of drug-likeness (QED) is 0.795. The van der Waals surface area contributed by atoms with Crippen LogP contribution in [0, 0.1) is 13.8 Å². The van der Waals surface area contributed by atoms with Crippen LogP contribution in [-0.2, 0) is 6.42 Å². The molecule has 0 aliphatic rings. The number of alkyl halides is 1. The van der Waals surface area contributed by atoms with Gasteiger partial charge in [0.25, 0.3) is 5.91 Å². The number of halogens is 1. The van der Waals surface area contributed by atoms with Gasteiger partial charge in [0, 0.05) is 17.1 Å². The highest BCUT2D eigenvalue weighted by Gasteiger charge is 2.10. The Morgan fingerprint density at radius 1 is 1.14 bits per heavy atom. The molecule has 0 aliphatic heterocycles. The Bertz CT molecular complexity index is 637. The molecule has 2 aromatic rings. The first kappa shape index (κ1) is 15.6. The van der Waals surface area contributed by atoms with E-state index in [0.717, 1.165) is 35.2 Å². The van der Waals surface area contributed by atoms with Crippen LogP contribution in [0.4, 0.5) is 5.69 Å². The molecule has 0 bridgehead atoms. The summed E-state index contributed by atoms with van der Waals surface area (Å²) in [6, 6.07) is 13.7. The van der Waals surface area contributed by atoms with Crippen LogP contribution in [0.1, 0.15) is 33.5 Å². The Morgan fingerprint density at radius 3 is 2.67 bits per heavy atom. The van der Waals surface area contributed by atoms with Crippen LogP contribution in [0.2, 0.25) is 0 Å². The molecule has 0 unspecified atom stereocenters. The lowest BCUT2D eigenvalue weighted by Crippen LogP contribution is -2.14. The summed E-state index contributed by atoms with van der Waals surface area (Å²) in [6.07, 6.45) is 1.87. The highest BCUT2D eigenvalue weighted by atomic mass is 35.5. The lowest BCUT2D eigenvalue weighted by Gasteiger charge is -2.10. The Labute approximate surface area is 131 Å². The number of benzene rings is 2. The zero-order valence-electron chi connectivity index (χ0n) is 12.4. The number of hydrogen-bond donors (Lipinski definition) is 1. The average Bonchev–Trinajstić information content (AvgIpc) is 2.48. The van der Waals surface area contributed by atoms with E-state index < -0.39 is 0 Å². The van der Waals surface area contributed by atoms with Gasteiger partial charge in [-0.05, 0) is 61.6 Å². The van der Waals surface area contributed by atoms with E-state index in [-0.39, 0.29) is 5.91 Å². The van der Waals surface area contributed by atoms with Gasteiger partial charge in [0.15, 0.2) is 0 Å². The van der Waals surface area contributed by atoms with E-state index in [1.165, 1.54) is 5.56 Å². The fourth-order valence-corrected chi connectivity index (χ4v) is 2.40. The molecule has 21 heavy (non-hydrogen) atoms. The van der Waals surface area contributed by atoms with Gasteiger partial charge >= 0.3 is 0 Å². The predicted molar refractivity (Wildman–Crippen MR) is 89.4 cm³/mol. The maximum Gasteiger partial charge on any atom is 0.255 e.